The zero-order valence-corrected chi connectivity index (χ0v) is 7.37. The van der Waals surface area contributed by atoms with Crippen LogP contribution in [-0.2, 0) is 0 Å². The molecule has 0 aromatic rings. The first-order valence-electron chi connectivity index (χ1n) is 2.26. The van der Waals surface area contributed by atoms with Gasteiger partial charge in [-0.2, -0.15) is 26.3 Å². The Morgan fingerprint density at radius 2 is 1.25 bits per heavy atom. The van der Waals surface area contributed by atoms with Crippen molar-refractivity contribution in [2.24, 2.45) is 0 Å². The van der Waals surface area contributed by atoms with Gasteiger partial charge < -0.3 is 0 Å². The molecule has 0 aromatic carbocycles. The van der Waals surface area contributed by atoms with E-state index in [1.807, 2.05) is 0 Å². The molecule has 0 amide bonds. The molecule has 0 rings (SSSR count). The Hall–Kier alpha value is 0.0900. The fraction of sp³-hybridized carbons (Fsp3) is 0.500. The van der Waals surface area contributed by atoms with Gasteiger partial charge in [0, 0.05) is 0 Å². The summed E-state index contributed by atoms with van der Waals surface area (Å²) in [5, 5.41) is -2.21. The van der Waals surface area contributed by atoms with Gasteiger partial charge in [-0.1, -0.05) is 11.6 Å². The van der Waals surface area contributed by atoms with Crippen LogP contribution < -0.4 is 0 Å². The van der Waals surface area contributed by atoms with Gasteiger partial charge in [-0.05, 0) is 15.9 Å². The lowest BCUT2D eigenvalue weighted by molar-refractivity contribution is -0.104. The minimum absolute atomic E-state index is 1.70. The fourth-order valence-corrected chi connectivity index (χ4v) is 0.581. The lowest BCUT2D eigenvalue weighted by atomic mass is 10.5. The smallest absolute Gasteiger partial charge is 0.166 e. The average molecular weight is 277 g/mol. The molecule has 0 unspecified atom stereocenters. The lowest BCUT2D eigenvalue weighted by Gasteiger charge is -2.10. The van der Waals surface area contributed by atoms with Crippen molar-refractivity contribution in [3.8, 4) is 0 Å². The molecule has 72 valence electrons. The van der Waals surface area contributed by atoms with Gasteiger partial charge in [0.1, 0.15) is 9.51 Å². The summed E-state index contributed by atoms with van der Waals surface area (Å²) in [6.07, 6.45) is -10.3. The molecule has 0 heterocycles. The third kappa shape index (κ3) is 3.22. The van der Waals surface area contributed by atoms with Crippen LogP contribution in [0.2, 0.25) is 0 Å². The van der Waals surface area contributed by atoms with Crippen LogP contribution >= 0.6 is 27.5 Å². The first kappa shape index (κ1) is 12.1. The Morgan fingerprint density at radius 3 is 1.33 bits per heavy atom. The van der Waals surface area contributed by atoms with Gasteiger partial charge >= 0.3 is 12.4 Å². The number of halogens is 8. The summed E-state index contributed by atoms with van der Waals surface area (Å²) in [6.45, 7) is 0. The van der Waals surface area contributed by atoms with E-state index in [-0.39, 0.29) is 0 Å². The standard InChI is InChI=1S/C4BrClF6/c5-1(3(7,8)9)2(6)4(10,11)12. The quantitative estimate of drug-likeness (QED) is 0.588. The summed E-state index contributed by atoms with van der Waals surface area (Å²) in [5.74, 6) is 0. The minimum atomic E-state index is -5.18. The van der Waals surface area contributed by atoms with Crippen LogP contribution in [-0.4, -0.2) is 12.4 Å². The van der Waals surface area contributed by atoms with Crippen molar-refractivity contribution >= 4 is 27.5 Å². The summed E-state index contributed by atoms with van der Waals surface area (Å²) in [6, 6.07) is 0. The van der Waals surface area contributed by atoms with E-state index in [0.29, 0.717) is 0 Å². The Bertz CT molecular complexity index is 179. The van der Waals surface area contributed by atoms with Crippen molar-refractivity contribution in [3.63, 3.8) is 0 Å². The summed E-state index contributed by atoms with van der Waals surface area (Å²) >= 11 is 6.08. The van der Waals surface area contributed by atoms with Crippen LogP contribution in [0.5, 0.6) is 0 Å². The van der Waals surface area contributed by atoms with Crippen LogP contribution in [0.15, 0.2) is 9.51 Å². The first-order chi connectivity index (χ1) is 5.07. The van der Waals surface area contributed by atoms with E-state index < -0.39 is 21.9 Å². The Labute approximate surface area is 76.3 Å². The highest BCUT2D eigenvalue weighted by atomic mass is 79.9. The maximum absolute atomic E-state index is 11.5. The molecule has 12 heavy (non-hydrogen) atoms. The molecule has 0 spiro atoms. The van der Waals surface area contributed by atoms with Crippen molar-refractivity contribution in [1.82, 2.24) is 0 Å². The molecule has 0 radical (unpaired) electrons. The zero-order chi connectivity index (χ0) is 10.2. The highest BCUT2D eigenvalue weighted by Crippen LogP contribution is 2.41. The largest absolute Gasteiger partial charge is 0.428 e. The second-order valence-corrected chi connectivity index (χ2v) is 2.79. The zero-order valence-electron chi connectivity index (χ0n) is 5.02. The summed E-state index contributed by atoms with van der Waals surface area (Å²) < 4.78 is 67.1. The van der Waals surface area contributed by atoms with E-state index in [2.05, 4.69) is 11.6 Å². The SMILES string of the molecule is FC(F)(F)C(Cl)=C(Br)C(F)(F)F. The molecule has 0 aliphatic heterocycles. The summed E-state index contributed by atoms with van der Waals surface area (Å²) in [7, 11) is 0. The van der Waals surface area contributed by atoms with E-state index in [0.717, 1.165) is 0 Å². The van der Waals surface area contributed by atoms with Crippen molar-refractivity contribution in [2.45, 2.75) is 12.4 Å². The van der Waals surface area contributed by atoms with Crippen molar-refractivity contribution in [1.29, 1.82) is 0 Å². The van der Waals surface area contributed by atoms with Gasteiger partial charge in [0.15, 0.2) is 0 Å². The Kier molecular flexibility index (Phi) is 3.48. The average Bonchev–Trinajstić information content (AvgIpc) is 1.80. The predicted octanol–water partition coefficient (Wildman–Crippen LogP) is 3.96. The van der Waals surface area contributed by atoms with Crippen molar-refractivity contribution in [2.75, 3.05) is 0 Å². The van der Waals surface area contributed by atoms with Crippen LogP contribution in [0.4, 0.5) is 26.3 Å². The molecule has 0 aromatic heterocycles. The molecule has 0 N–H and O–H groups in total. The molecule has 0 nitrogen and oxygen atoms in total. The van der Waals surface area contributed by atoms with E-state index in [1.165, 1.54) is 0 Å². The molecule has 0 atom stereocenters. The number of hydrogen-bond acceptors (Lipinski definition) is 0. The molecule has 0 fully saturated rings. The van der Waals surface area contributed by atoms with Crippen LogP contribution in [0.1, 0.15) is 0 Å². The van der Waals surface area contributed by atoms with E-state index in [1.54, 1.807) is 15.9 Å². The molecule has 0 aliphatic rings. The highest BCUT2D eigenvalue weighted by molar-refractivity contribution is 9.11. The molecule has 0 saturated heterocycles. The van der Waals surface area contributed by atoms with E-state index in [9.17, 15) is 26.3 Å². The van der Waals surface area contributed by atoms with Gasteiger partial charge in [-0.25, -0.2) is 0 Å². The third-order valence-corrected chi connectivity index (χ3v) is 2.17. The monoisotopic (exact) mass is 276 g/mol. The van der Waals surface area contributed by atoms with Crippen LogP contribution in [0.3, 0.4) is 0 Å². The number of rotatable bonds is 0. The fourth-order valence-electron chi connectivity index (χ4n) is 0.249. The lowest BCUT2D eigenvalue weighted by Crippen LogP contribution is -2.16. The summed E-state index contributed by atoms with van der Waals surface area (Å²) in [4.78, 5) is 0. The van der Waals surface area contributed by atoms with Gasteiger partial charge in [0.25, 0.3) is 0 Å². The maximum atomic E-state index is 11.5. The number of alkyl halides is 6. The Balaban J connectivity index is 4.96. The second kappa shape index (κ2) is 3.45. The molecule has 0 saturated carbocycles. The van der Waals surface area contributed by atoms with Gasteiger partial charge in [0.2, 0.25) is 0 Å². The third-order valence-electron chi connectivity index (χ3n) is 0.690. The number of hydrogen-bond donors (Lipinski definition) is 0. The molecule has 8 heteroatoms. The van der Waals surface area contributed by atoms with Gasteiger partial charge in [0.05, 0.1) is 0 Å². The van der Waals surface area contributed by atoms with Crippen LogP contribution in [0.25, 0.3) is 0 Å². The molecular weight excluding hydrogens is 277 g/mol. The Morgan fingerprint density at radius 1 is 0.917 bits per heavy atom. The molecule has 0 aliphatic carbocycles. The predicted molar refractivity (Wildman–Crippen MR) is 33.9 cm³/mol. The first-order valence-corrected chi connectivity index (χ1v) is 3.43. The van der Waals surface area contributed by atoms with Gasteiger partial charge in [-0.3, -0.25) is 0 Å². The maximum Gasteiger partial charge on any atom is 0.428 e. The van der Waals surface area contributed by atoms with E-state index >= 15 is 0 Å². The normalized spacial score (nSPS) is 16.0. The molecular formula is C4BrClF6. The van der Waals surface area contributed by atoms with Crippen LogP contribution in [0, 0.1) is 0 Å². The van der Waals surface area contributed by atoms with Crippen molar-refractivity contribution in [3.05, 3.63) is 9.51 Å². The summed E-state index contributed by atoms with van der Waals surface area (Å²) in [5.41, 5.74) is 0. The second-order valence-electron chi connectivity index (χ2n) is 1.62. The van der Waals surface area contributed by atoms with Crippen molar-refractivity contribution < 1.29 is 26.3 Å². The topological polar surface area (TPSA) is 0 Å². The van der Waals surface area contributed by atoms with E-state index in [4.69, 9.17) is 0 Å². The minimum Gasteiger partial charge on any atom is -0.166 e. The molecule has 0 bridgehead atoms. The number of allylic oxidation sites excluding steroid dienone is 2. The highest BCUT2D eigenvalue weighted by Gasteiger charge is 2.43. The van der Waals surface area contributed by atoms with Gasteiger partial charge in [-0.15, -0.1) is 0 Å².